The van der Waals surface area contributed by atoms with E-state index >= 15 is 0 Å². The maximum atomic E-state index is 4.73. The van der Waals surface area contributed by atoms with E-state index in [-0.39, 0.29) is 20.1 Å². The molecule has 0 saturated carbocycles. The largest absolute Gasteiger partial charge is 3.00 e. The molecule has 0 aliphatic heterocycles. The van der Waals surface area contributed by atoms with E-state index in [1.54, 1.807) is 0 Å². The molecular weight excluding hydrogens is 903 g/mol. The predicted octanol–water partition coefficient (Wildman–Crippen LogP) is 13.1. The second-order valence-corrected chi connectivity index (χ2v) is 15.8. The van der Waals surface area contributed by atoms with Crippen LogP contribution in [-0.2, 0) is 45.8 Å². The minimum Gasteiger partial charge on any atom is -0.305 e. The Bertz CT molecular complexity index is 2770. The first-order valence-corrected chi connectivity index (χ1v) is 20.4. The zero-order chi connectivity index (χ0) is 39.1. The number of fused-ring (bicyclic) bond motifs is 3. The molecule has 0 N–H and O–H groups in total. The Kier molecular flexibility index (Phi) is 13.2. The summed E-state index contributed by atoms with van der Waals surface area (Å²) in [7, 11) is 0. The van der Waals surface area contributed by atoms with Gasteiger partial charge in [-0.2, -0.15) is 11.3 Å². The van der Waals surface area contributed by atoms with E-state index in [1.807, 2.05) is 60.3 Å². The third kappa shape index (κ3) is 9.57. The van der Waals surface area contributed by atoms with E-state index in [2.05, 4.69) is 153 Å². The van der Waals surface area contributed by atoms with Gasteiger partial charge in [0.1, 0.15) is 0 Å². The molecule has 0 saturated heterocycles. The molecular formula is C53H44IrN3S. The number of pyridine rings is 3. The van der Waals surface area contributed by atoms with Gasteiger partial charge in [0.05, 0.1) is 0 Å². The van der Waals surface area contributed by atoms with Crippen molar-refractivity contribution >= 4 is 31.5 Å². The zero-order valence-corrected chi connectivity index (χ0v) is 36.5. The number of aromatic nitrogens is 3. The maximum absolute atomic E-state index is 4.73. The minimum atomic E-state index is 0. The first-order chi connectivity index (χ1) is 27.9. The monoisotopic (exact) mass is 947 g/mol. The van der Waals surface area contributed by atoms with Gasteiger partial charge in [0.25, 0.3) is 0 Å². The molecule has 5 aromatic carbocycles. The molecule has 0 fully saturated rings. The van der Waals surface area contributed by atoms with Crippen LogP contribution in [0.25, 0.3) is 53.9 Å². The maximum Gasteiger partial charge on any atom is 3.00 e. The van der Waals surface area contributed by atoms with Crippen molar-refractivity contribution in [3.8, 4) is 33.8 Å². The second-order valence-electron chi connectivity index (χ2n) is 14.8. The molecule has 0 radical (unpaired) electrons. The molecule has 58 heavy (non-hydrogen) atoms. The summed E-state index contributed by atoms with van der Waals surface area (Å²) in [5.41, 5.74) is 16.5. The molecule has 4 heterocycles. The van der Waals surface area contributed by atoms with Gasteiger partial charge in [-0.1, -0.05) is 96.6 Å². The summed E-state index contributed by atoms with van der Waals surface area (Å²) in [6, 6.07) is 54.8. The van der Waals surface area contributed by atoms with Gasteiger partial charge in [-0.3, -0.25) is 0 Å². The van der Waals surface area contributed by atoms with Crippen LogP contribution in [-0.4, -0.2) is 15.0 Å². The number of rotatable bonds is 9. The normalized spacial score (nSPS) is 10.9. The van der Waals surface area contributed by atoms with Crippen LogP contribution in [0.4, 0.5) is 0 Å². The van der Waals surface area contributed by atoms with Crippen molar-refractivity contribution in [3.63, 3.8) is 0 Å². The van der Waals surface area contributed by atoms with Crippen LogP contribution in [0.15, 0.2) is 146 Å². The van der Waals surface area contributed by atoms with Crippen LogP contribution in [0.5, 0.6) is 0 Å². The Morgan fingerprint density at radius 3 is 1.93 bits per heavy atom. The second kappa shape index (κ2) is 18.8. The van der Waals surface area contributed by atoms with Gasteiger partial charge < -0.3 is 15.0 Å². The standard InChI is InChI=1S/C36H34N2.C17H10NS.Ir/c1-25-8-15-32(16-9-25)36-21-27(3)34(24-38-36)19-14-31-7-5-6-30(22-31)11-10-29-12-17-33(18-13-29)35-20-26(2)28(4)23-37-35;1-2-10-16-12(6-1)13-7-5-8-14(17(13)19-16)15-9-3-4-11-18-15;/h5-9,12-13,15,17,20-24H,10-11,14,19H2,1-4H3;1-7,9-11H;/q-2;-1;+3. The molecule has 4 aromatic heterocycles. The summed E-state index contributed by atoms with van der Waals surface area (Å²) in [5, 5.41) is 2.61. The Morgan fingerprint density at radius 2 is 1.22 bits per heavy atom. The van der Waals surface area contributed by atoms with E-state index < -0.39 is 0 Å². The summed E-state index contributed by atoms with van der Waals surface area (Å²) in [6.07, 6.45) is 9.83. The van der Waals surface area contributed by atoms with E-state index in [1.165, 1.54) is 64.7 Å². The van der Waals surface area contributed by atoms with Crippen molar-refractivity contribution < 1.29 is 20.1 Å². The third-order valence-electron chi connectivity index (χ3n) is 10.6. The average Bonchev–Trinajstić information content (AvgIpc) is 3.64. The van der Waals surface area contributed by atoms with E-state index in [0.29, 0.717) is 0 Å². The number of nitrogens with zero attached hydrogens (tertiary/aromatic N) is 3. The Balaban J connectivity index is 0.000000213. The molecule has 9 rings (SSSR count). The van der Waals surface area contributed by atoms with Crippen molar-refractivity contribution in [2.75, 3.05) is 0 Å². The molecule has 0 aliphatic carbocycles. The predicted molar refractivity (Wildman–Crippen MR) is 239 cm³/mol. The first-order valence-electron chi connectivity index (χ1n) is 19.6. The minimum absolute atomic E-state index is 0. The zero-order valence-electron chi connectivity index (χ0n) is 33.3. The molecule has 0 bridgehead atoms. The van der Waals surface area contributed by atoms with Crippen molar-refractivity contribution in [2.24, 2.45) is 0 Å². The third-order valence-corrected chi connectivity index (χ3v) is 11.8. The summed E-state index contributed by atoms with van der Waals surface area (Å²) < 4.78 is 2.58. The van der Waals surface area contributed by atoms with Gasteiger partial charge in [-0.25, -0.2) is 0 Å². The van der Waals surface area contributed by atoms with Gasteiger partial charge in [-0.05, 0) is 102 Å². The van der Waals surface area contributed by atoms with Crippen LogP contribution in [0.3, 0.4) is 0 Å². The van der Waals surface area contributed by atoms with Crippen LogP contribution in [0.1, 0.15) is 44.5 Å². The van der Waals surface area contributed by atoms with Crippen molar-refractivity contribution in [3.05, 3.63) is 209 Å². The Labute approximate surface area is 360 Å². The number of aryl methyl sites for hydroxylation is 8. The van der Waals surface area contributed by atoms with E-state index in [4.69, 9.17) is 4.98 Å². The van der Waals surface area contributed by atoms with E-state index in [0.717, 1.165) is 59.5 Å². The number of hydrogen-bond donors (Lipinski definition) is 0. The Hall–Kier alpha value is -5.58. The SMILES string of the molecule is Cc1c[c-]c(-c2cc(C)c(CCc3cccc(CCc4c[c-]c(-c5cc(C)c(C)cn5)cc4)c3)cn2)cc1.[Ir+3].[c-]1ccc2c(sc3ccccc32)c1-c1ccccn1. The van der Waals surface area contributed by atoms with Gasteiger partial charge in [0.2, 0.25) is 0 Å². The van der Waals surface area contributed by atoms with Gasteiger partial charge >= 0.3 is 20.1 Å². The van der Waals surface area contributed by atoms with Gasteiger partial charge in [-0.15, -0.1) is 94.5 Å². The first kappa shape index (κ1) is 40.6. The van der Waals surface area contributed by atoms with Gasteiger partial charge in [0, 0.05) is 23.3 Å². The molecule has 5 heteroatoms. The van der Waals surface area contributed by atoms with E-state index in [9.17, 15) is 0 Å². The number of hydrogen-bond acceptors (Lipinski definition) is 4. The van der Waals surface area contributed by atoms with Gasteiger partial charge in [0.15, 0.2) is 0 Å². The number of thiophene rings is 1. The molecule has 0 atom stereocenters. The fraction of sp³-hybridized carbons (Fsp3) is 0.151. The quantitative estimate of drug-likeness (QED) is 0.135. The topological polar surface area (TPSA) is 38.7 Å². The summed E-state index contributed by atoms with van der Waals surface area (Å²) >= 11 is 1.81. The fourth-order valence-electron chi connectivity index (χ4n) is 7.10. The van der Waals surface area contributed by atoms with Crippen LogP contribution in [0.2, 0.25) is 0 Å². The molecule has 3 nitrogen and oxygen atoms in total. The van der Waals surface area contributed by atoms with Crippen molar-refractivity contribution in [1.29, 1.82) is 0 Å². The summed E-state index contributed by atoms with van der Waals surface area (Å²) in [6.45, 7) is 8.48. The smallest absolute Gasteiger partial charge is 0.305 e. The molecule has 9 aromatic rings. The average molecular weight is 947 g/mol. The molecule has 0 aliphatic rings. The van der Waals surface area contributed by atoms with Crippen LogP contribution >= 0.6 is 11.3 Å². The molecule has 0 amide bonds. The fourth-order valence-corrected chi connectivity index (χ4v) is 8.31. The molecule has 0 unspecified atom stereocenters. The summed E-state index contributed by atoms with van der Waals surface area (Å²) in [5.74, 6) is 0. The summed E-state index contributed by atoms with van der Waals surface area (Å²) in [4.78, 5) is 13.7. The molecule has 286 valence electrons. The number of benzene rings is 5. The van der Waals surface area contributed by atoms with Crippen LogP contribution < -0.4 is 0 Å². The molecule has 0 spiro atoms. The van der Waals surface area contributed by atoms with Crippen LogP contribution in [0, 0.1) is 45.9 Å². The van der Waals surface area contributed by atoms with Crippen molar-refractivity contribution in [2.45, 2.75) is 53.4 Å². The Morgan fingerprint density at radius 1 is 0.517 bits per heavy atom. The van der Waals surface area contributed by atoms with Crippen molar-refractivity contribution in [1.82, 2.24) is 15.0 Å².